The van der Waals surface area contributed by atoms with E-state index in [0.29, 0.717) is 0 Å². The molecule has 0 heterocycles. The minimum absolute atomic E-state index is 0.0609. The Bertz CT molecular complexity index is 463. The van der Waals surface area contributed by atoms with Gasteiger partial charge in [0, 0.05) is 4.47 Å². The molecule has 104 valence electrons. The lowest BCUT2D eigenvalue weighted by molar-refractivity contribution is -0.141. The fourth-order valence-electron chi connectivity index (χ4n) is 1.53. The second-order valence-corrected chi connectivity index (χ2v) is 5.10. The van der Waals surface area contributed by atoms with E-state index in [4.69, 9.17) is 5.73 Å². The molecule has 1 amide bonds. The minimum atomic E-state index is -0.632. The Morgan fingerprint density at radius 2 is 2.16 bits per heavy atom. The molecule has 2 atom stereocenters. The van der Waals surface area contributed by atoms with Crippen LogP contribution in [-0.2, 0) is 14.3 Å². The SMILES string of the molecule is COC(=O)CC(NC(=O)[C@@H](C)N)c1cccc(Br)c1. The van der Waals surface area contributed by atoms with E-state index in [1.165, 1.54) is 7.11 Å². The molecule has 1 unspecified atom stereocenters. The highest BCUT2D eigenvalue weighted by molar-refractivity contribution is 9.10. The zero-order valence-corrected chi connectivity index (χ0v) is 12.4. The highest BCUT2D eigenvalue weighted by Gasteiger charge is 2.20. The van der Waals surface area contributed by atoms with Crippen LogP contribution >= 0.6 is 15.9 Å². The number of halogens is 1. The summed E-state index contributed by atoms with van der Waals surface area (Å²) in [6, 6.07) is 6.29. The Hall–Kier alpha value is -1.40. The Labute approximate surface area is 120 Å². The minimum Gasteiger partial charge on any atom is -0.469 e. The summed E-state index contributed by atoms with van der Waals surface area (Å²) in [6.07, 6.45) is 0.0609. The molecule has 1 aromatic carbocycles. The van der Waals surface area contributed by atoms with Gasteiger partial charge in [-0.15, -0.1) is 0 Å². The third-order valence-corrected chi connectivity index (χ3v) is 3.07. The molecule has 0 aliphatic carbocycles. The number of nitrogens with one attached hydrogen (secondary N) is 1. The Balaban J connectivity index is 2.91. The van der Waals surface area contributed by atoms with Crippen LogP contribution in [0.4, 0.5) is 0 Å². The molecule has 0 saturated carbocycles. The maximum Gasteiger partial charge on any atom is 0.307 e. The smallest absolute Gasteiger partial charge is 0.307 e. The van der Waals surface area contributed by atoms with Gasteiger partial charge in [0.25, 0.3) is 0 Å². The summed E-state index contributed by atoms with van der Waals surface area (Å²) in [6.45, 7) is 1.59. The zero-order valence-electron chi connectivity index (χ0n) is 10.9. The van der Waals surface area contributed by atoms with E-state index in [1.807, 2.05) is 24.3 Å². The molecule has 0 aliphatic heterocycles. The molecule has 6 heteroatoms. The predicted molar refractivity (Wildman–Crippen MR) is 75.3 cm³/mol. The highest BCUT2D eigenvalue weighted by Crippen LogP contribution is 2.21. The molecule has 0 fully saturated rings. The van der Waals surface area contributed by atoms with Crippen LogP contribution in [0.15, 0.2) is 28.7 Å². The first-order valence-electron chi connectivity index (χ1n) is 5.82. The molecule has 0 aromatic heterocycles. The van der Waals surface area contributed by atoms with Crippen molar-refractivity contribution >= 4 is 27.8 Å². The second kappa shape index (κ2) is 7.25. The monoisotopic (exact) mass is 328 g/mol. The van der Waals surface area contributed by atoms with Gasteiger partial charge < -0.3 is 15.8 Å². The number of benzene rings is 1. The average Bonchev–Trinajstić information content (AvgIpc) is 2.37. The van der Waals surface area contributed by atoms with Crippen molar-refractivity contribution in [2.24, 2.45) is 5.73 Å². The lowest BCUT2D eigenvalue weighted by Crippen LogP contribution is -2.41. The first-order valence-corrected chi connectivity index (χ1v) is 6.61. The van der Waals surface area contributed by atoms with E-state index in [-0.39, 0.29) is 12.3 Å². The number of carbonyl (C=O) groups excluding carboxylic acids is 2. The van der Waals surface area contributed by atoms with Crippen molar-refractivity contribution in [3.63, 3.8) is 0 Å². The number of rotatable bonds is 5. The van der Waals surface area contributed by atoms with Gasteiger partial charge in [-0.2, -0.15) is 0 Å². The Morgan fingerprint density at radius 1 is 1.47 bits per heavy atom. The average molecular weight is 329 g/mol. The summed E-state index contributed by atoms with van der Waals surface area (Å²) in [7, 11) is 1.31. The van der Waals surface area contributed by atoms with E-state index in [1.54, 1.807) is 6.92 Å². The normalized spacial score (nSPS) is 13.5. The molecule has 0 spiro atoms. The van der Waals surface area contributed by atoms with Crippen molar-refractivity contribution < 1.29 is 14.3 Å². The molecule has 0 radical (unpaired) electrons. The number of methoxy groups -OCH3 is 1. The lowest BCUT2D eigenvalue weighted by Gasteiger charge is -2.19. The van der Waals surface area contributed by atoms with Gasteiger partial charge in [0.2, 0.25) is 5.91 Å². The first-order chi connectivity index (χ1) is 8.93. The predicted octanol–water partition coefficient (Wildman–Crippen LogP) is 1.52. The number of hydrogen-bond donors (Lipinski definition) is 2. The van der Waals surface area contributed by atoms with Gasteiger partial charge in [-0.05, 0) is 24.6 Å². The van der Waals surface area contributed by atoms with Gasteiger partial charge in [0.05, 0.1) is 25.6 Å². The summed E-state index contributed by atoms with van der Waals surface area (Å²) in [4.78, 5) is 23.1. The standard InChI is InChI=1S/C13H17BrN2O3/c1-8(15)13(18)16-11(7-12(17)19-2)9-4-3-5-10(14)6-9/h3-6,8,11H,7,15H2,1-2H3,(H,16,18)/t8-,11?/m1/s1. The number of ether oxygens (including phenoxy) is 1. The molecule has 0 saturated heterocycles. The molecule has 0 aliphatic rings. The Kier molecular flexibility index (Phi) is 5.98. The third-order valence-electron chi connectivity index (χ3n) is 2.58. The number of carbonyl (C=O) groups is 2. The largest absolute Gasteiger partial charge is 0.469 e. The maximum atomic E-state index is 11.7. The molecular weight excluding hydrogens is 312 g/mol. The van der Waals surface area contributed by atoms with Crippen LogP contribution in [0.5, 0.6) is 0 Å². The van der Waals surface area contributed by atoms with Crippen LogP contribution < -0.4 is 11.1 Å². The molecular formula is C13H17BrN2O3. The van der Waals surface area contributed by atoms with Crippen LogP contribution in [-0.4, -0.2) is 25.0 Å². The van der Waals surface area contributed by atoms with Crippen LogP contribution in [0, 0.1) is 0 Å². The first kappa shape index (κ1) is 15.7. The van der Waals surface area contributed by atoms with Crippen molar-refractivity contribution in [2.75, 3.05) is 7.11 Å². The van der Waals surface area contributed by atoms with Gasteiger partial charge in [-0.3, -0.25) is 9.59 Å². The molecule has 1 aromatic rings. The van der Waals surface area contributed by atoms with Gasteiger partial charge in [0.15, 0.2) is 0 Å². The van der Waals surface area contributed by atoms with Crippen molar-refractivity contribution in [1.82, 2.24) is 5.32 Å². The molecule has 3 N–H and O–H groups in total. The van der Waals surface area contributed by atoms with Crippen molar-refractivity contribution in [3.05, 3.63) is 34.3 Å². The molecule has 0 bridgehead atoms. The molecule has 19 heavy (non-hydrogen) atoms. The fourth-order valence-corrected chi connectivity index (χ4v) is 1.95. The van der Waals surface area contributed by atoms with Crippen molar-refractivity contribution in [3.8, 4) is 0 Å². The van der Waals surface area contributed by atoms with Crippen LogP contribution in [0.25, 0.3) is 0 Å². The lowest BCUT2D eigenvalue weighted by atomic mass is 10.0. The summed E-state index contributed by atoms with van der Waals surface area (Å²) >= 11 is 3.36. The van der Waals surface area contributed by atoms with E-state index in [9.17, 15) is 9.59 Å². The topological polar surface area (TPSA) is 81.4 Å². The zero-order chi connectivity index (χ0) is 14.4. The highest BCUT2D eigenvalue weighted by atomic mass is 79.9. The maximum absolute atomic E-state index is 11.7. The quantitative estimate of drug-likeness (QED) is 0.803. The number of amides is 1. The van der Waals surface area contributed by atoms with Gasteiger partial charge in [-0.1, -0.05) is 28.1 Å². The third kappa shape index (κ3) is 5.00. The van der Waals surface area contributed by atoms with E-state index in [0.717, 1.165) is 10.0 Å². The fraction of sp³-hybridized carbons (Fsp3) is 0.385. The van der Waals surface area contributed by atoms with Crippen LogP contribution in [0.1, 0.15) is 24.9 Å². The van der Waals surface area contributed by atoms with Crippen molar-refractivity contribution in [1.29, 1.82) is 0 Å². The molecule has 1 rings (SSSR count). The summed E-state index contributed by atoms with van der Waals surface area (Å²) in [5.74, 6) is -0.705. The summed E-state index contributed by atoms with van der Waals surface area (Å²) in [5, 5.41) is 2.74. The van der Waals surface area contributed by atoms with Crippen LogP contribution in [0.2, 0.25) is 0 Å². The van der Waals surface area contributed by atoms with Crippen LogP contribution in [0.3, 0.4) is 0 Å². The second-order valence-electron chi connectivity index (χ2n) is 4.19. The van der Waals surface area contributed by atoms with Crippen molar-refractivity contribution in [2.45, 2.75) is 25.4 Å². The van der Waals surface area contributed by atoms with Gasteiger partial charge in [0.1, 0.15) is 0 Å². The Morgan fingerprint density at radius 3 is 2.68 bits per heavy atom. The number of hydrogen-bond acceptors (Lipinski definition) is 4. The van der Waals surface area contributed by atoms with Gasteiger partial charge >= 0.3 is 5.97 Å². The van der Waals surface area contributed by atoms with E-state index >= 15 is 0 Å². The van der Waals surface area contributed by atoms with E-state index < -0.39 is 18.1 Å². The number of nitrogens with two attached hydrogens (primary N) is 1. The van der Waals surface area contributed by atoms with E-state index in [2.05, 4.69) is 26.0 Å². The summed E-state index contributed by atoms with van der Waals surface area (Å²) in [5.41, 5.74) is 6.33. The number of esters is 1. The molecule has 5 nitrogen and oxygen atoms in total. The van der Waals surface area contributed by atoms with Gasteiger partial charge in [-0.25, -0.2) is 0 Å². The summed E-state index contributed by atoms with van der Waals surface area (Å²) < 4.78 is 5.51.